The van der Waals surface area contributed by atoms with E-state index in [4.69, 9.17) is 5.73 Å². The van der Waals surface area contributed by atoms with Crippen LogP contribution in [0.3, 0.4) is 0 Å². The van der Waals surface area contributed by atoms with Crippen LogP contribution < -0.4 is 10.0 Å². The Morgan fingerprint density at radius 2 is 1.90 bits per heavy atom. The zero-order chi connectivity index (χ0) is 15.6. The van der Waals surface area contributed by atoms with Crippen LogP contribution >= 0.6 is 11.3 Å². The lowest BCUT2D eigenvalue weighted by molar-refractivity contribution is 0.590. The second-order valence-electron chi connectivity index (χ2n) is 4.52. The van der Waals surface area contributed by atoms with Crippen LogP contribution in [0.1, 0.15) is 17.4 Å². The first-order chi connectivity index (χ1) is 9.91. The Labute approximate surface area is 128 Å². The Balaban J connectivity index is 2.54. The molecule has 4 nitrogen and oxygen atoms in total. The molecule has 2 rings (SSSR count). The molecule has 0 amide bonds. The predicted molar refractivity (Wildman–Crippen MR) is 83.6 cm³/mol. The van der Waals surface area contributed by atoms with Crippen molar-refractivity contribution in [2.45, 2.75) is 25.3 Å². The van der Waals surface area contributed by atoms with Crippen molar-refractivity contribution in [2.24, 2.45) is 5.73 Å². The van der Waals surface area contributed by atoms with E-state index < -0.39 is 15.8 Å². The van der Waals surface area contributed by atoms with Crippen LogP contribution in [0.15, 0.2) is 34.5 Å². The van der Waals surface area contributed by atoms with Crippen LogP contribution in [-0.4, -0.2) is 15.0 Å². The molecule has 1 aromatic carbocycles. The normalized spacial score (nSPS) is 11.6. The number of hydrogen-bond acceptors (Lipinski definition) is 4. The lowest BCUT2D eigenvalue weighted by Crippen LogP contribution is -2.31. The smallest absolute Gasteiger partial charge is 0.265 e. The van der Waals surface area contributed by atoms with Gasteiger partial charge in [0.05, 0.1) is 5.69 Å². The molecule has 0 saturated carbocycles. The van der Waals surface area contributed by atoms with Crippen molar-refractivity contribution in [3.05, 3.63) is 45.9 Å². The lowest BCUT2D eigenvalue weighted by atomic mass is 10.3. The molecule has 0 fully saturated rings. The van der Waals surface area contributed by atoms with Gasteiger partial charge in [-0.1, -0.05) is 0 Å². The molecule has 7 heteroatoms. The van der Waals surface area contributed by atoms with E-state index in [0.29, 0.717) is 16.1 Å². The van der Waals surface area contributed by atoms with Gasteiger partial charge in [-0.05, 0) is 49.1 Å². The highest BCUT2D eigenvalue weighted by atomic mass is 32.2. The quantitative estimate of drug-likeness (QED) is 0.918. The fourth-order valence-corrected chi connectivity index (χ4v) is 5.32. The minimum atomic E-state index is -3.71. The number of halogens is 1. The first kappa shape index (κ1) is 15.9. The van der Waals surface area contributed by atoms with Crippen LogP contribution in [0, 0.1) is 12.7 Å². The first-order valence-corrected chi connectivity index (χ1v) is 8.79. The number of aryl methyl sites for hydroxylation is 1. The van der Waals surface area contributed by atoms with E-state index in [1.54, 1.807) is 19.2 Å². The third-order valence-electron chi connectivity index (χ3n) is 3.12. The second-order valence-corrected chi connectivity index (χ2v) is 7.28. The standard InChI is InChI=1S/C14H17FN2O2S2/c1-3-17(12-6-4-11(15)5-7-12)21(18,19)14-10(2)9-20-13(14)8-16/h4-7,9H,3,8,16H2,1-2H3. The molecule has 114 valence electrons. The highest BCUT2D eigenvalue weighted by Crippen LogP contribution is 2.31. The molecule has 1 aromatic heterocycles. The van der Waals surface area contributed by atoms with Crippen LogP contribution in [0.4, 0.5) is 10.1 Å². The minimum Gasteiger partial charge on any atom is -0.326 e. The molecule has 21 heavy (non-hydrogen) atoms. The summed E-state index contributed by atoms with van der Waals surface area (Å²) in [5.74, 6) is -0.401. The van der Waals surface area contributed by atoms with Gasteiger partial charge in [-0.2, -0.15) is 0 Å². The van der Waals surface area contributed by atoms with Crippen molar-refractivity contribution in [1.82, 2.24) is 0 Å². The molecule has 0 atom stereocenters. The summed E-state index contributed by atoms with van der Waals surface area (Å²) in [6, 6.07) is 5.41. The van der Waals surface area contributed by atoms with Crippen LogP contribution in [0.2, 0.25) is 0 Å². The van der Waals surface area contributed by atoms with Gasteiger partial charge in [-0.3, -0.25) is 4.31 Å². The molecule has 2 aromatic rings. The van der Waals surface area contributed by atoms with E-state index in [1.807, 2.05) is 0 Å². The number of anilines is 1. The van der Waals surface area contributed by atoms with E-state index >= 15 is 0 Å². The molecular formula is C14H17FN2O2S2. The van der Waals surface area contributed by atoms with Crippen molar-refractivity contribution >= 4 is 27.0 Å². The number of rotatable bonds is 5. The number of hydrogen-bond donors (Lipinski definition) is 1. The third kappa shape index (κ3) is 2.95. The third-order valence-corrected chi connectivity index (χ3v) is 6.51. The number of benzene rings is 1. The fourth-order valence-electron chi connectivity index (χ4n) is 2.18. The van der Waals surface area contributed by atoms with Crippen molar-refractivity contribution in [3.63, 3.8) is 0 Å². The van der Waals surface area contributed by atoms with Crippen molar-refractivity contribution < 1.29 is 12.8 Å². The maximum Gasteiger partial charge on any atom is 0.265 e. The maximum absolute atomic E-state index is 13.0. The Hall–Kier alpha value is -1.44. The van der Waals surface area contributed by atoms with Gasteiger partial charge in [0.25, 0.3) is 10.0 Å². The van der Waals surface area contributed by atoms with E-state index in [2.05, 4.69) is 0 Å². The van der Waals surface area contributed by atoms with Crippen LogP contribution in [0.5, 0.6) is 0 Å². The zero-order valence-electron chi connectivity index (χ0n) is 11.8. The lowest BCUT2D eigenvalue weighted by Gasteiger charge is -2.23. The number of sulfonamides is 1. The monoisotopic (exact) mass is 328 g/mol. The Kier molecular flexibility index (Phi) is 4.65. The van der Waals surface area contributed by atoms with E-state index in [-0.39, 0.29) is 18.0 Å². The zero-order valence-corrected chi connectivity index (χ0v) is 13.5. The van der Waals surface area contributed by atoms with Crippen molar-refractivity contribution in [3.8, 4) is 0 Å². The molecule has 2 N–H and O–H groups in total. The molecular weight excluding hydrogens is 311 g/mol. The molecule has 0 spiro atoms. The topological polar surface area (TPSA) is 63.4 Å². The largest absolute Gasteiger partial charge is 0.326 e. The Morgan fingerprint density at radius 1 is 1.29 bits per heavy atom. The summed E-state index contributed by atoms with van der Waals surface area (Å²) in [6.45, 7) is 3.92. The summed E-state index contributed by atoms with van der Waals surface area (Å²) in [5, 5.41) is 1.79. The van der Waals surface area contributed by atoms with Gasteiger partial charge in [0, 0.05) is 18.0 Å². The average molecular weight is 328 g/mol. The Bertz CT molecular complexity index is 724. The Morgan fingerprint density at radius 3 is 2.43 bits per heavy atom. The SMILES string of the molecule is CCN(c1ccc(F)cc1)S(=O)(=O)c1c(C)csc1CN. The van der Waals surface area contributed by atoms with Gasteiger partial charge in [0.1, 0.15) is 10.7 Å². The first-order valence-electron chi connectivity index (χ1n) is 6.47. The molecule has 1 heterocycles. The van der Waals surface area contributed by atoms with Gasteiger partial charge in [-0.15, -0.1) is 11.3 Å². The molecule has 0 aliphatic carbocycles. The highest BCUT2D eigenvalue weighted by molar-refractivity contribution is 7.93. The van der Waals surface area contributed by atoms with Gasteiger partial charge in [-0.25, -0.2) is 12.8 Å². The molecule has 0 saturated heterocycles. The fraction of sp³-hybridized carbons (Fsp3) is 0.286. The number of nitrogens with two attached hydrogens (primary N) is 1. The van der Waals surface area contributed by atoms with E-state index in [0.717, 1.165) is 0 Å². The molecule has 0 aliphatic heterocycles. The molecule has 0 unspecified atom stereocenters. The highest BCUT2D eigenvalue weighted by Gasteiger charge is 2.28. The second kappa shape index (κ2) is 6.13. The maximum atomic E-state index is 13.0. The van der Waals surface area contributed by atoms with Crippen LogP contribution in [0.25, 0.3) is 0 Å². The molecule has 0 bridgehead atoms. The minimum absolute atomic E-state index is 0.175. The predicted octanol–water partition coefficient (Wildman–Crippen LogP) is 2.87. The van der Waals surface area contributed by atoms with E-state index in [9.17, 15) is 12.8 Å². The van der Waals surface area contributed by atoms with Gasteiger partial charge in [0.15, 0.2) is 0 Å². The summed E-state index contributed by atoms with van der Waals surface area (Å²) in [5.41, 5.74) is 6.76. The summed E-state index contributed by atoms with van der Waals surface area (Å²) < 4.78 is 40.1. The molecule has 0 radical (unpaired) electrons. The summed E-state index contributed by atoms with van der Waals surface area (Å²) in [6.07, 6.45) is 0. The molecule has 0 aliphatic rings. The van der Waals surface area contributed by atoms with Gasteiger partial charge in [0.2, 0.25) is 0 Å². The van der Waals surface area contributed by atoms with Crippen LogP contribution in [-0.2, 0) is 16.6 Å². The summed E-state index contributed by atoms with van der Waals surface area (Å²) in [7, 11) is -3.71. The van der Waals surface area contributed by atoms with Gasteiger partial charge >= 0.3 is 0 Å². The number of thiophene rings is 1. The van der Waals surface area contributed by atoms with Crippen molar-refractivity contribution in [2.75, 3.05) is 10.8 Å². The van der Waals surface area contributed by atoms with Crippen molar-refractivity contribution in [1.29, 1.82) is 0 Å². The van der Waals surface area contributed by atoms with Gasteiger partial charge < -0.3 is 5.73 Å². The summed E-state index contributed by atoms with van der Waals surface area (Å²) in [4.78, 5) is 0.897. The van der Waals surface area contributed by atoms with E-state index in [1.165, 1.54) is 39.9 Å². The average Bonchev–Trinajstić information content (AvgIpc) is 2.83. The number of nitrogens with zero attached hydrogens (tertiary/aromatic N) is 1. The summed E-state index contributed by atoms with van der Waals surface area (Å²) >= 11 is 1.34.